The first kappa shape index (κ1) is 16.8. The van der Waals surface area contributed by atoms with Crippen molar-refractivity contribution in [2.75, 3.05) is 0 Å². The molecule has 0 aliphatic heterocycles. The van der Waals surface area contributed by atoms with Crippen molar-refractivity contribution in [3.8, 4) is 32.8 Å². The smallest absolute Gasteiger partial charge is 0.0177 e. The van der Waals surface area contributed by atoms with E-state index in [9.17, 15) is 0 Å². The van der Waals surface area contributed by atoms with Gasteiger partial charge in [0.05, 0.1) is 0 Å². The molecule has 26 heavy (non-hydrogen) atoms. The topological polar surface area (TPSA) is 0 Å². The predicted octanol–water partition coefficient (Wildman–Crippen LogP) is 7.88. The maximum atomic E-state index is 2.26. The minimum absolute atomic E-state index is 1.27. The van der Waals surface area contributed by atoms with Crippen molar-refractivity contribution in [3.05, 3.63) is 102 Å². The summed E-state index contributed by atoms with van der Waals surface area (Å²) < 4.78 is 0. The first-order chi connectivity index (χ1) is 12.8. The summed E-state index contributed by atoms with van der Waals surface area (Å²) in [5.74, 6) is 0. The Bertz CT molecular complexity index is 1020. The first-order valence-electron chi connectivity index (χ1n) is 8.93. The summed E-state index contributed by atoms with van der Waals surface area (Å²) in [6, 6.07) is 32.3. The van der Waals surface area contributed by atoms with Gasteiger partial charge in [0.25, 0.3) is 0 Å². The van der Waals surface area contributed by atoms with Crippen LogP contribution in [0.3, 0.4) is 0 Å². The summed E-state index contributed by atoms with van der Waals surface area (Å²) in [7, 11) is 1.27. The van der Waals surface area contributed by atoms with Crippen molar-refractivity contribution in [2.24, 2.45) is 0 Å². The van der Waals surface area contributed by atoms with Crippen LogP contribution in [0.1, 0.15) is 11.1 Å². The zero-order valence-corrected chi connectivity index (χ0v) is 16.0. The number of hydrogen-bond donors (Lipinski definition) is 0. The summed E-state index contributed by atoms with van der Waals surface area (Å²) in [5, 5.41) is 2.79. The number of benzene rings is 3. The molecule has 0 atom stereocenters. The third-order valence-electron chi connectivity index (χ3n) is 4.91. The molecule has 0 unspecified atom stereocenters. The lowest BCUT2D eigenvalue weighted by Crippen LogP contribution is -1.93. The highest BCUT2D eigenvalue weighted by Gasteiger charge is 2.17. The van der Waals surface area contributed by atoms with Crippen LogP contribution < -0.4 is 0 Å². The van der Waals surface area contributed by atoms with E-state index in [1.165, 1.54) is 52.2 Å². The molecule has 0 N–H and O–H groups in total. The van der Waals surface area contributed by atoms with Crippen molar-refractivity contribution in [1.82, 2.24) is 0 Å². The van der Waals surface area contributed by atoms with E-state index in [0.717, 1.165) is 0 Å². The van der Waals surface area contributed by atoms with Gasteiger partial charge < -0.3 is 0 Å². The number of rotatable bonds is 3. The van der Waals surface area contributed by atoms with Gasteiger partial charge in [-0.15, -0.1) is 0 Å². The lowest BCUT2D eigenvalue weighted by Gasteiger charge is -2.19. The van der Waals surface area contributed by atoms with Crippen LogP contribution in [0.4, 0.5) is 0 Å². The first-order valence-corrected chi connectivity index (χ1v) is 9.82. The molecular formula is C25H21P. The fraction of sp³-hybridized carbons (Fsp3) is 0.0800. The molecule has 1 heterocycles. The van der Waals surface area contributed by atoms with Crippen LogP contribution in [0.5, 0.6) is 0 Å². The molecule has 0 spiro atoms. The number of hydrogen-bond acceptors (Lipinski definition) is 0. The highest BCUT2D eigenvalue weighted by atomic mass is 31.0. The van der Waals surface area contributed by atoms with E-state index in [2.05, 4.69) is 105 Å². The SMILES string of the molecule is Cc1c(-c2ccccc2)pc(-c2ccccc2)c(-c2ccccc2)c1C. The van der Waals surface area contributed by atoms with Crippen molar-refractivity contribution >= 4 is 8.19 Å². The van der Waals surface area contributed by atoms with Crippen LogP contribution in [-0.2, 0) is 0 Å². The Morgan fingerprint density at radius 3 is 1.38 bits per heavy atom. The average molecular weight is 352 g/mol. The Balaban J connectivity index is 2.05. The second-order valence-corrected chi connectivity index (χ2v) is 7.65. The highest BCUT2D eigenvalue weighted by Crippen LogP contribution is 2.47. The molecule has 0 amide bonds. The molecule has 1 heteroatoms. The average Bonchev–Trinajstić information content (AvgIpc) is 2.72. The lowest BCUT2D eigenvalue weighted by molar-refractivity contribution is 1.37. The van der Waals surface area contributed by atoms with Crippen molar-refractivity contribution < 1.29 is 0 Å². The van der Waals surface area contributed by atoms with Gasteiger partial charge in [0.2, 0.25) is 0 Å². The van der Waals surface area contributed by atoms with Crippen molar-refractivity contribution in [2.45, 2.75) is 13.8 Å². The molecule has 0 aliphatic carbocycles. The second-order valence-electron chi connectivity index (χ2n) is 6.53. The lowest BCUT2D eigenvalue weighted by atomic mass is 9.94. The standard InChI is InChI=1S/C25H21P/c1-18-19(2)24(21-14-8-4-9-15-21)26-25(22-16-10-5-11-17-22)23(18)20-12-6-3-7-13-20/h3-17H,1-2H3. The summed E-state index contributed by atoms with van der Waals surface area (Å²) >= 11 is 0. The normalized spacial score (nSPS) is 11.0. The molecule has 126 valence electrons. The third-order valence-corrected chi connectivity index (χ3v) is 6.43. The van der Waals surface area contributed by atoms with Gasteiger partial charge in [-0.25, -0.2) is 0 Å². The summed E-state index contributed by atoms with van der Waals surface area (Å²) in [6.07, 6.45) is 0. The highest BCUT2D eigenvalue weighted by molar-refractivity contribution is 7.38. The fourth-order valence-electron chi connectivity index (χ4n) is 3.43. The summed E-state index contributed by atoms with van der Waals surface area (Å²) in [4.78, 5) is 0. The van der Waals surface area contributed by atoms with E-state index in [4.69, 9.17) is 0 Å². The molecular weight excluding hydrogens is 331 g/mol. The minimum Gasteiger partial charge on any atom is -0.0622 e. The largest absolute Gasteiger partial charge is 0.0622 e. The van der Waals surface area contributed by atoms with Gasteiger partial charge >= 0.3 is 0 Å². The Hall–Kier alpha value is -2.69. The summed E-state index contributed by atoms with van der Waals surface area (Å²) in [5.41, 5.74) is 8.03. The molecule has 0 saturated carbocycles. The van der Waals surface area contributed by atoms with Gasteiger partial charge in [-0.1, -0.05) is 99.2 Å². The Morgan fingerprint density at radius 1 is 0.462 bits per heavy atom. The molecule has 0 saturated heterocycles. The zero-order chi connectivity index (χ0) is 17.9. The van der Waals surface area contributed by atoms with Crippen LogP contribution in [0, 0.1) is 13.8 Å². The molecule has 0 fully saturated rings. The van der Waals surface area contributed by atoms with Gasteiger partial charge in [0, 0.05) is 10.6 Å². The fourth-order valence-corrected chi connectivity index (χ4v) is 4.96. The summed E-state index contributed by atoms with van der Waals surface area (Å²) in [6.45, 7) is 4.52. The van der Waals surface area contributed by atoms with E-state index < -0.39 is 0 Å². The molecule has 4 rings (SSSR count). The van der Waals surface area contributed by atoms with E-state index in [1.54, 1.807) is 0 Å². The molecule has 1 aromatic heterocycles. The quantitative estimate of drug-likeness (QED) is 0.352. The zero-order valence-electron chi connectivity index (χ0n) is 15.1. The van der Waals surface area contributed by atoms with Crippen molar-refractivity contribution in [1.29, 1.82) is 0 Å². The maximum Gasteiger partial charge on any atom is 0.0177 e. The maximum absolute atomic E-state index is 2.26. The van der Waals surface area contributed by atoms with Crippen LogP contribution in [0.2, 0.25) is 0 Å². The van der Waals surface area contributed by atoms with E-state index in [1.807, 2.05) is 0 Å². The van der Waals surface area contributed by atoms with Crippen LogP contribution in [0.25, 0.3) is 32.8 Å². The Morgan fingerprint density at radius 2 is 0.885 bits per heavy atom. The molecule has 0 nitrogen and oxygen atoms in total. The third kappa shape index (κ3) is 3.09. The van der Waals surface area contributed by atoms with Gasteiger partial charge in [-0.3, -0.25) is 0 Å². The van der Waals surface area contributed by atoms with E-state index in [0.29, 0.717) is 0 Å². The van der Waals surface area contributed by atoms with Gasteiger partial charge in [-0.2, -0.15) is 0 Å². The monoisotopic (exact) mass is 352 g/mol. The molecule has 3 aromatic carbocycles. The molecule has 0 radical (unpaired) electrons. The van der Waals surface area contributed by atoms with E-state index in [-0.39, 0.29) is 0 Å². The van der Waals surface area contributed by atoms with Crippen molar-refractivity contribution in [3.63, 3.8) is 0 Å². The molecule has 4 aromatic rings. The van der Waals surface area contributed by atoms with Crippen LogP contribution in [0.15, 0.2) is 91.0 Å². The van der Waals surface area contributed by atoms with Crippen LogP contribution >= 0.6 is 8.19 Å². The molecule has 0 aliphatic rings. The second kappa shape index (κ2) is 7.28. The Kier molecular flexibility index (Phi) is 4.69. The minimum atomic E-state index is 1.27. The van der Waals surface area contributed by atoms with Gasteiger partial charge in [-0.05, 0) is 47.2 Å². The van der Waals surface area contributed by atoms with Gasteiger partial charge in [0.15, 0.2) is 0 Å². The van der Waals surface area contributed by atoms with E-state index >= 15 is 0 Å². The molecule has 0 bridgehead atoms. The van der Waals surface area contributed by atoms with Gasteiger partial charge in [0.1, 0.15) is 0 Å². The van der Waals surface area contributed by atoms with Crippen LogP contribution in [-0.4, -0.2) is 0 Å². The predicted molar refractivity (Wildman–Crippen MR) is 115 cm³/mol. The Labute approximate surface area is 157 Å².